The number of carboxylic acid groups (broad SMARTS) is 1. The van der Waals surface area contributed by atoms with Gasteiger partial charge in [0.15, 0.2) is 0 Å². The lowest BCUT2D eigenvalue weighted by molar-refractivity contribution is -0.138. The Kier molecular flexibility index (Phi) is 3.91. The Balaban J connectivity index is 3.15. The van der Waals surface area contributed by atoms with E-state index in [0.29, 0.717) is 5.56 Å². The molecule has 0 amide bonds. The van der Waals surface area contributed by atoms with Crippen LogP contribution in [-0.2, 0) is 10.2 Å². The third-order valence-electron chi connectivity index (χ3n) is 2.99. The third-order valence-corrected chi connectivity index (χ3v) is 2.99. The molecule has 0 saturated carbocycles. The topological polar surface area (TPSA) is 37.3 Å². The van der Waals surface area contributed by atoms with Gasteiger partial charge in [0.2, 0.25) is 0 Å². The van der Waals surface area contributed by atoms with E-state index in [1.54, 1.807) is 12.1 Å². The van der Waals surface area contributed by atoms with Crippen molar-refractivity contribution in [1.82, 2.24) is 0 Å². The van der Waals surface area contributed by atoms with Crippen LogP contribution in [0.15, 0.2) is 18.2 Å². The summed E-state index contributed by atoms with van der Waals surface area (Å²) in [5.41, 5.74) is 1.02. The van der Waals surface area contributed by atoms with Crippen molar-refractivity contribution in [1.29, 1.82) is 0 Å². The monoisotopic (exact) mass is 238 g/mol. The average Bonchev–Trinajstić information content (AvgIpc) is 2.15. The Morgan fingerprint density at radius 3 is 2.47 bits per heavy atom. The smallest absolute Gasteiger partial charge is 0.304 e. The number of carboxylic acids is 1. The first-order valence-corrected chi connectivity index (χ1v) is 5.76. The van der Waals surface area contributed by atoms with E-state index >= 15 is 0 Å². The molecule has 0 fully saturated rings. The zero-order chi connectivity index (χ0) is 13.2. The van der Waals surface area contributed by atoms with Crippen LogP contribution in [0.1, 0.15) is 51.2 Å². The highest BCUT2D eigenvalue weighted by Crippen LogP contribution is 2.30. The minimum atomic E-state index is -0.842. The summed E-state index contributed by atoms with van der Waals surface area (Å²) < 4.78 is 13.6. The lowest BCUT2D eigenvalue weighted by Crippen LogP contribution is -2.22. The van der Waals surface area contributed by atoms with E-state index in [2.05, 4.69) is 0 Å². The Morgan fingerprint density at radius 2 is 2.00 bits per heavy atom. The maximum Gasteiger partial charge on any atom is 0.304 e. The molecule has 1 aromatic rings. The van der Waals surface area contributed by atoms with Crippen molar-refractivity contribution in [3.8, 4) is 0 Å². The van der Waals surface area contributed by atoms with Crippen LogP contribution in [0.4, 0.5) is 4.39 Å². The van der Waals surface area contributed by atoms with Gasteiger partial charge in [-0.25, -0.2) is 4.39 Å². The second-order valence-electron chi connectivity index (χ2n) is 5.35. The third kappa shape index (κ3) is 3.29. The van der Waals surface area contributed by atoms with E-state index in [9.17, 15) is 9.18 Å². The number of halogens is 1. The summed E-state index contributed by atoms with van der Waals surface area (Å²) in [7, 11) is 0. The first kappa shape index (κ1) is 13.7. The number of carbonyl (C=O) groups is 1. The molecule has 1 aromatic carbocycles. The fourth-order valence-corrected chi connectivity index (χ4v) is 1.89. The van der Waals surface area contributed by atoms with E-state index in [4.69, 9.17) is 5.11 Å². The van der Waals surface area contributed by atoms with E-state index in [1.165, 1.54) is 6.07 Å². The van der Waals surface area contributed by atoms with Gasteiger partial charge in [-0.05, 0) is 23.1 Å². The first-order valence-electron chi connectivity index (χ1n) is 5.76. The second-order valence-corrected chi connectivity index (χ2v) is 5.35. The Labute approximate surface area is 101 Å². The van der Waals surface area contributed by atoms with Crippen molar-refractivity contribution >= 4 is 5.97 Å². The highest BCUT2D eigenvalue weighted by molar-refractivity contribution is 5.68. The summed E-state index contributed by atoms with van der Waals surface area (Å²) in [4.78, 5) is 10.8. The summed E-state index contributed by atoms with van der Waals surface area (Å²) in [5.74, 6) is -0.976. The predicted octanol–water partition coefficient (Wildman–Crippen LogP) is 3.70. The van der Waals surface area contributed by atoms with Crippen molar-refractivity contribution in [2.45, 2.75) is 45.4 Å². The van der Waals surface area contributed by atoms with E-state index in [1.807, 2.05) is 27.7 Å². The highest BCUT2D eigenvalue weighted by Gasteiger charge is 2.25. The minimum Gasteiger partial charge on any atom is -0.481 e. The molecule has 0 aliphatic rings. The predicted molar refractivity (Wildman–Crippen MR) is 65.8 cm³/mol. The van der Waals surface area contributed by atoms with Crippen molar-refractivity contribution in [2.75, 3.05) is 0 Å². The fourth-order valence-electron chi connectivity index (χ4n) is 1.89. The number of hydrogen-bond acceptors (Lipinski definition) is 1. The summed E-state index contributed by atoms with van der Waals surface area (Å²) >= 11 is 0. The molecular formula is C14H19FO2. The lowest BCUT2D eigenvalue weighted by Gasteiger charge is -2.24. The van der Waals surface area contributed by atoms with Crippen molar-refractivity contribution in [3.05, 3.63) is 35.1 Å². The molecule has 0 bridgehead atoms. The molecule has 0 heterocycles. The number of rotatable bonds is 4. The maximum atomic E-state index is 13.6. The van der Waals surface area contributed by atoms with Gasteiger partial charge >= 0.3 is 5.97 Å². The molecule has 0 atom stereocenters. The van der Waals surface area contributed by atoms with E-state index in [0.717, 1.165) is 5.56 Å². The first-order chi connectivity index (χ1) is 7.74. The molecule has 0 unspecified atom stereocenters. The van der Waals surface area contributed by atoms with Crippen LogP contribution in [0.2, 0.25) is 0 Å². The van der Waals surface area contributed by atoms with Crippen LogP contribution in [-0.4, -0.2) is 11.1 Å². The van der Waals surface area contributed by atoms with Crippen LogP contribution < -0.4 is 0 Å². The van der Waals surface area contributed by atoms with E-state index in [-0.39, 0.29) is 18.2 Å². The van der Waals surface area contributed by atoms with Crippen LogP contribution >= 0.6 is 0 Å². The van der Waals surface area contributed by atoms with Gasteiger partial charge in [-0.15, -0.1) is 0 Å². The molecule has 94 valence electrons. The number of aliphatic carboxylic acids is 1. The molecule has 0 radical (unpaired) electrons. The number of benzene rings is 1. The second kappa shape index (κ2) is 4.86. The van der Waals surface area contributed by atoms with Gasteiger partial charge in [-0.2, -0.15) is 0 Å². The molecule has 0 saturated heterocycles. The van der Waals surface area contributed by atoms with Gasteiger partial charge in [0.05, 0.1) is 6.42 Å². The Morgan fingerprint density at radius 1 is 1.41 bits per heavy atom. The van der Waals surface area contributed by atoms with Gasteiger partial charge in [-0.3, -0.25) is 4.79 Å². The molecular weight excluding hydrogens is 219 g/mol. The van der Waals surface area contributed by atoms with Crippen LogP contribution in [0.5, 0.6) is 0 Å². The van der Waals surface area contributed by atoms with Gasteiger partial charge in [-0.1, -0.05) is 39.8 Å². The standard InChI is InChI=1S/C14H19FO2/c1-9(2)11-7-10(5-6-12(11)15)14(3,4)8-13(16)17/h5-7,9H,8H2,1-4H3,(H,16,17). The molecule has 0 aliphatic heterocycles. The van der Waals surface area contributed by atoms with Crippen molar-refractivity contribution in [3.63, 3.8) is 0 Å². The average molecular weight is 238 g/mol. The van der Waals surface area contributed by atoms with Crippen LogP contribution in [0.25, 0.3) is 0 Å². The highest BCUT2D eigenvalue weighted by atomic mass is 19.1. The Hall–Kier alpha value is -1.38. The molecule has 3 heteroatoms. The normalized spacial score (nSPS) is 11.9. The van der Waals surface area contributed by atoms with Gasteiger partial charge in [0.25, 0.3) is 0 Å². The zero-order valence-corrected chi connectivity index (χ0v) is 10.7. The largest absolute Gasteiger partial charge is 0.481 e. The number of hydrogen-bond donors (Lipinski definition) is 1. The van der Waals surface area contributed by atoms with Crippen LogP contribution in [0.3, 0.4) is 0 Å². The summed E-state index contributed by atoms with van der Waals surface area (Å²) in [6.45, 7) is 7.57. The summed E-state index contributed by atoms with van der Waals surface area (Å²) in [6, 6.07) is 4.88. The zero-order valence-electron chi connectivity index (χ0n) is 10.7. The fraction of sp³-hybridized carbons (Fsp3) is 0.500. The van der Waals surface area contributed by atoms with Gasteiger partial charge in [0, 0.05) is 5.41 Å². The van der Waals surface area contributed by atoms with Crippen LogP contribution in [0, 0.1) is 5.82 Å². The minimum absolute atomic E-state index is 0.0379. The summed E-state index contributed by atoms with van der Waals surface area (Å²) in [6.07, 6.45) is 0.0379. The Bertz CT molecular complexity index is 422. The molecule has 1 N–H and O–H groups in total. The molecule has 2 nitrogen and oxygen atoms in total. The molecule has 17 heavy (non-hydrogen) atoms. The van der Waals surface area contributed by atoms with Crippen molar-refractivity contribution in [2.24, 2.45) is 0 Å². The maximum absolute atomic E-state index is 13.6. The van der Waals surface area contributed by atoms with E-state index < -0.39 is 11.4 Å². The molecule has 0 aromatic heterocycles. The van der Waals surface area contributed by atoms with Crippen molar-refractivity contribution < 1.29 is 14.3 Å². The van der Waals surface area contributed by atoms with Gasteiger partial charge < -0.3 is 5.11 Å². The summed E-state index contributed by atoms with van der Waals surface area (Å²) in [5, 5.41) is 8.87. The molecule has 0 aliphatic carbocycles. The molecule has 0 spiro atoms. The van der Waals surface area contributed by atoms with Gasteiger partial charge in [0.1, 0.15) is 5.82 Å². The molecule has 1 rings (SSSR count). The quantitative estimate of drug-likeness (QED) is 0.868. The lowest BCUT2D eigenvalue weighted by atomic mass is 9.80. The SMILES string of the molecule is CC(C)c1cc(C(C)(C)CC(=O)O)ccc1F.